The summed E-state index contributed by atoms with van der Waals surface area (Å²) in [6, 6.07) is 1.46. The van der Waals surface area contributed by atoms with Crippen LogP contribution in [0.3, 0.4) is 0 Å². The van der Waals surface area contributed by atoms with Crippen LogP contribution in [0.2, 0.25) is 0 Å². The van der Waals surface area contributed by atoms with E-state index in [2.05, 4.69) is 38.8 Å². The number of aromatic nitrogens is 3. The predicted octanol–water partition coefficient (Wildman–Crippen LogP) is 1.78. The fraction of sp³-hybridized carbons (Fsp3) is 0.640. The van der Waals surface area contributed by atoms with Gasteiger partial charge in [0.1, 0.15) is 16.9 Å². The zero-order valence-corrected chi connectivity index (χ0v) is 20.5. The molecule has 2 aromatic rings. The molecule has 0 aliphatic carbocycles. The van der Waals surface area contributed by atoms with Crippen LogP contribution in [0.5, 0.6) is 0 Å². The summed E-state index contributed by atoms with van der Waals surface area (Å²) in [5, 5.41) is 5.93. The maximum atomic E-state index is 6.27. The summed E-state index contributed by atoms with van der Waals surface area (Å²) < 4.78 is 10.9. The average Bonchev–Trinajstić information content (AvgIpc) is 3.34. The smallest absolute Gasteiger partial charge is 0.151 e. The van der Waals surface area contributed by atoms with E-state index in [1.54, 1.807) is 0 Å². The topological polar surface area (TPSA) is 114 Å². The number of pyridine rings is 1. The van der Waals surface area contributed by atoms with Crippen molar-refractivity contribution in [3.05, 3.63) is 23.7 Å². The number of rotatable bonds is 6. The Morgan fingerprint density at radius 1 is 1.06 bits per heavy atom. The minimum atomic E-state index is 0.351. The van der Waals surface area contributed by atoms with Crippen LogP contribution in [0, 0.1) is 0 Å². The average molecular weight is 481 g/mol. The normalized spacial score (nSPS) is 23.0. The Hall–Kier alpha value is -2.53. The number of hydrogen-bond donors (Lipinski definition) is 3. The summed E-state index contributed by atoms with van der Waals surface area (Å²) in [4.78, 5) is 17.1. The van der Waals surface area contributed by atoms with E-state index in [0.29, 0.717) is 29.5 Å². The molecule has 0 radical (unpaired) electrons. The fourth-order valence-electron chi connectivity index (χ4n) is 5.52. The van der Waals surface area contributed by atoms with Crippen molar-refractivity contribution in [2.75, 3.05) is 57.1 Å². The van der Waals surface area contributed by atoms with Crippen molar-refractivity contribution in [1.29, 1.82) is 0 Å². The van der Waals surface area contributed by atoms with Crippen molar-refractivity contribution in [3.63, 3.8) is 0 Å². The lowest BCUT2D eigenvalue weighted by Crippen LogP contribution is -2.54. The minimum absolute atomic E-state index is 0.351. The van der Waals surface area contributed by atoms with Gasteiger partial charge in [0.15, 0.2) is 5.82 Å². The van der Waals surface area contributed by atoms with Gasteiger partial charge in [0.2, 0.25) is 0 Å². The highest BCUT2D eigenvalue weighted by Gasteiger charge is 2.32. The van der Waals surface area contributed by atoms with Crippen molar-refractivity contribution >= 4 is 28.2 Å². The van der Waals surface area contributed by atoms with Crippen LogP contribution in [0.15, 0.2) is 12.4 Å². The summed E-state index contributed by atoms with van der Waals surface area (Å²) in [5.74, 6) is 1.29. The van der Waals surface area contributed by atoms with E-state index in [4.69, 9.17) is 25.2 Å². The van der Waals surface area contributed by atoms with Crippen LogP contribution in [-0.2, 0) is 15.9 Å². The highest BCUT2D eigenvalue weighted by atomic mass is 16.5. The third-order valence-corrected chi connectivity index (χ3v) is 7.82. The SMILES string of the molecule is CCc1nc2c(N)ncc(C3=CN(C4CCN(C5COC5)CC4)NC3)c2nc1NC1CCOCC1. The highest BCUT2D eigenvalue weighted by Crippen LogP contribution is 2.31. The number of aryl methyl sites for hydroxylation is 1. The molecule has 4 aliphatic heterocycles. The first-order chi connectivity index (χ1) is 17.2. The Morgan fingerprint density at radius 3 is 2.57 bits per heavy atom. The number of ether oxygens (including phenoxy) is 2. The molecule has 0 spiro atoms. The van der Waals surface area contributed by atoms with Gasteiger partial charge in [-0.15, -0.1) is 0 Å². The number of nitrogens with one attached hydrogen (secondary N) is 2. The van der Waals surface area contributed by atoms with E-state index in [1.165, 1.54) is 5.57 Å². The van der Waals surface area contributed by atoms with E-state index in [-0.39, 0.29) is 0 Å². The second-order valence-electron chi connectivity index (χ2n) is 10.0. The van der Waals surface area contributed by atoms with Gasteiger partial charge in [-0.2, -0.15) is 0 Å². The van der Waals surface area contributed by atoms with Gasteiger partial charge in [0, 0.05) is 62.9 Å². The Kier molecular flexibility index (Phi) is 6.44. The Labute approximate surface area is 206 Å². The third-order valence-electron chi connectivity index (χ3n) is 7.82. The van der Waals surface area contributed by atoms with Crippen molar-refractivity contribution in [2.45, 2.75) is 57.2 Å². The summed E-state index contributed by atoms with van der Waals surface area (Å²) >= 11 is 0. The first-order valence-electron chi connectivity index (χ1n) is 13.0. The second-order valence-corrected chi connectivity index (χ2v) is 10.0. The van der Waals surface area contributed by atoms with Gasteiger partial charge in [-0.25, -0.2) is 20.4 Å². The summed E-state index contributed by atoms with van der Waals surface area (Å²) in [5.41, 5.74) is 14.5. The molecule has 35 heavy (non-hydrogen) atoms. The molecule has 10 nitrogen and oxygen atoms in total. The van der Waals surface area contributed by atoms with Crippen LogP contribution in [0.4, 0.5) is 11.6 Å². The van der Waals surface area contributed by atoms with Crippen molar-refractivity contribution in [1.82, 2.24) is 30.3 Å². The molecule has 0 amide bonds. The molecular formula is C25H36N8O2. The minimum Gasteiger partial charge on any atom is -0.382 e. The molecule has 3 saturated heterocycles. The molecule has 4 aliphatic rings. The van der Waals surface area contributed by atoms with Crippen LogP contribution in [-0.4, -0.2) is 89.0 Å². The first kappa shape index (κ1) is 22.9. The quantitative estimate of drug-likeness (QED) is 0.565. The van der Waals surface area contributed by atoms with E-state index < -0.39 is 0 Å². The number of nitrogens with zero attached hydrogens (tertiary/aromatic N) is 5. The van der Waals surface area contributed by atoms with Crippen molar-refractivity contribution in [2.24, 2.45) is 0 Å². The molecule has 0 saturated carbocycles. The standard InChI is InChI=1S/C25H36N8O2/c1-2-21-25(29-17-5-9-34-10-6-17)31-22-20(12-27-24(26)23(22)30-21)16-11-28-33(13-16)18-3-7-32(8-4-18)19-14-35-15-19/h12-13,17-19,28H,2-11,14-15H2,1H3,(H2,26,27)(H,29,31). The van der Waals surface area contributed by atoms with Gasteiger partial charge >= 0.3 is 0 Å². The van der Waals surface area contributed by atoms with Crippen molar-refractivity contribution in [3.8, 4) is 0 Å². The monoisotopic (exact) mass is 480 g/mol. The highest BCUT2D eigenvalue weighted by molar-refractivity contribution is 5.95. The third kappa shape index (κ3) is 4.55. The number of nitrogens with two attached hydrogens (primary N) is 1. The zero-order valence-electron chi connectivity index (χ0n) is 20.5. The Balaban J connectivity index is 1.25. The number of piperidine rings is 1. The molecule has 0 bridgehead atoms. The zero-order chi connectivity index (χ0) is 23.8. The molecule has 6 heterocycles. The number of anilines is 2. The van der Waals surface area contributed by atoms with Gasteiger partial charge in [0.25, 0.3) is 0 Å². The van der Waals surface area contributed by atoms with Crippen LogP contribution < -0.4 is 16.5 Å². The molecule has 0 atom stereocenters. The molecule has 0 unspecified atom stereocenters. The summed E-state index contributed by atoms with van der Waals surface area (Å²) in [6.07, 6.45) is 9.12. The molecular weight excluding hydrogens is 444 g/mol. The number of hydrogen-bond acceptors (Lipinski definition) is 10. The molecule has 3 fully saturated rings. The first-order valence-corrected chi connectivity index (χ1v) is 13.0. The molecule has 6 rings (SSSR count). The van der Waals surface area contributed by atoms with Crippen LogP contribution in [0.1, 0.15) is 43.9 Å². The van der Waals surface area contributed by atoms with E-state index in [9.17, 15) is 0 Å². The molecule has 10 heteroatoms. The second kappa shape index (κ2) is 9.85. The van der Waals surface area contributed by atoms with E-state index in [0.717, 1.165) is 101 Å². The molecule has 2 aromatic heterocycles. The van der Waals surface area contributed by atoms with Crippen LogP contribution in [0.25, 0.3) is 16.6 Å². The number of fused-ring (bicyclic) bond motifs is 1. The van der Waals surface area contributed by atoms with Gasteiger partial charge < -0.3 is 25.5 Å². The summed E-state index contributed by atoms with van der Waals surface area (Å²) in [6.45, 7) is 8.44. The fourth-order valence-corrected chi connectivity index (χ4v) is 5.52. The van der Waals surface area contributed by atoms with Gasteiger partial charge in [-0.1, -0.05) is 6.92 Å². The maximum Gasteiger partial charge on any atom is 0.151 e. The maximum absolute atomic E-state index is 6.27. The molecule has 188 valence electrons. The number of nitrogen functional groups attached to an aromatic ring is 1. The van der Waals surface area contributed by atoms with Crippen LogP contribution >= 0.6 is 0 Å². The molecule has 4 N–H and O–H groups in total. The Bertz CT molecular complexity index is 1090. The van der Waals surface area contributed by atoms with Crippen molar-refractivity contribution < 1.29 is 9.47 Å². The number of hydrazine groups is 1. The Morgan fingerprint density at radius 2 is 1.86 bits per heavy atom. The van der Waals surface area contributed by atoms with E-state index >= 15 is 0 Å². The number of likely N-dealkylation sites (tertiary alicyclic amines) is 1. The lowest BCUT2D eigenvalue weighted by molar-refractivity contribution is -0.0757. The largest absolute Gasteiger partial charge is 0.382 e. The van der Waals surface area contributed by atoms with E-state index in [1.807, 2.05) is 6.20 Å². The molecule has 0 aromatic carbocycles. The van der Waals surface area contributed by atoms with Gasteiger partial charge in [0.05, 0.1) is 24.9 Å². The summed E-state index contributed by atoms with van der Waals surface area (Å²) in [7, 11) is 0. The lowest BCUT2D eigenvalue weighted by atomic mass is 10.0. The predicted molar refractivity (Wildman–Crippen MR) is 136 cm³/mol. The lowest BCUT2D eigenvalue weighted by Gasteiger charge is -2.43. The van der Waals surface area contributed by atoms with Gasteiger partial charge in [-0.05, 0) is 37.7 Å². The van der Waals surface area contributed by atoms with Gasteiger partial charge in [-0.3, -0.25) is 4.90 Å².